The number of likely N-dealkylation sites (N-methyl/N-ethyl adjacent to an activating group) is 1. The number of amides is 2. The number of halogens is 1. The zero-order valence-corrected chi connectivity index (χ0v) is 19.0. The van der Waals surface area contributed by atoms with Crippen LogP contribution in [0.15, 0.2) is 59.0 Å². The third-order valence-corrected chi connectivity index (χ3v) is 6.28. The van der Waals surface area contributed by atoms with E-state index in [2.05, 4.69) is 22.6 Å². The molecule has 5 rings (SSSR count). The average molecular weight is 462 g/mol. The standard InChI is InChI=1S/C26H24ClN3O3/c1-30-11-3-6-19(15-30)28-25(31)17-5-2-4-16(12-17)24-10-8-20(33-24)14-22-21-13-18(27)7-9-23(21)29-26(22)32/h2,4-5,7-10,12-14,19H,3,6,11,15H2,1H3,(H,28,31)(H,29,32)/b22-14+. The molecular weight excluding hydrogens is 438 g/mol. The Morgan fingerprint density at radius 2 is 2.09 bits per heavy atom. The maximum atomic E-state index is 12.8. The number of likely N-dealkylation sites (tertiary alicyclic amines) is 1. The van der Waals surface area contributed by atoms with Crippen molar-refractivity contribution in [2.75, 3.05) is 25.5 Å². The lowest BCUT2D eigenvalue weighted by molar-refractivity contribution is -0.110. The number of furan rings is 1. The fourth-order valence-electron chi connectivity index (χ4n) is 4.40. The van der Waals surface area contributed by atoms with Crippen LogP contribution in [0.25, 0.3) is 23.0 Å². The number of carbonyl (C=O) groups excluding carboxylic acids is 2. The molecule has 1 unspecified atom stereocenters. The number of piperidine rings is 1. The van der Waals surface area contributed by atoms with Gasteiger partial charge in [-0.1, -0.05) is 23.7 Å². The Hall–Kier alpha value is -3.35. The molecule has 6 nitrogen and oxygen atoms in total. The number of benzene rings is 2. The van der Waals surface area contributed by atoms with Gasteiger partial charge < -0.3 is 20.0 Å². The van der Waals surface area contributed by atoms with E-state index in [-0.39, 0.29) is 17.9 Å². The molecule has 1 aromatic heterocycles. The highest BCUT2D eigenvalue weighted by atomic mass is 35.5. The van der Waals surface area contributed by atoms with Crippen molar-refractivity contribution in [3.63, 3.8) is 0 Å². The Morgan fingerprint density at radius 3 is 2.94 bits per heavy atom. The van der Waals surface area contributed by atoms with Crippen LogP contribution in [0.5, 0.6) is 0 Å². The van der Waals surface area contributed by atoms with Crippen LogP contribution in [0.2, 0.25) is 5.02 Å². The molecule has 0 bridgehead atoms. The molecule has 7 heteroatoms. The lowest BCUT2D eigenvalue weighted by atomic mass is 10.0. The minimum Gasteiger partial charge on any atom is -0.457 e. The summed E-state index contributed by atoms with van der Waals surface area (Å²) in [6.45, 7) is 1.93. The van der Waals surface area contributed by atoms with Gasteiger partial charge in [0.2, 0.25) is 0 Å². The molecule has 3 heterocycles. The smallest absolute Gasteiger partial charge is 0.256 e. The maximum absolute atomic E-state index is 12.8. The van der Waals surface area contributed by atoms with Gasteiger partial charge in [-0.2, -0.15) is 0 Å². The van der Waals surface area contributed by atoms with Gasteiger partial charge in [0.25, 0.3) is 11.8 Å². The van der Waals surface area contributed by atoms with Gasteiger partial charge >= 0.3 is 0 Å². The summed E-state index contributed by atoms with van der Waals surface area (Å²) in [7, 11) is 2.07. The molecular formula is C26H24ClN3O3. The van der Waals surface area contributed by atoms with Crippen LogP contribution >= 0.6 is 11.6 Å². The van der Waals surface area contributed by atoms with Gasteiger partial charge in [-0.3, -0.25) is 9.59 Å². The highest BCUT2D eigenvalue weighted by Crippen LogP contribution is 2.35. The molecule has 0 saturated carbocycles. The maximum Gasteiger partial charge on any atom is 0.256 e. The monoisotopic (exact) mass is 461 g/mol. The zero-order valence-electron chi connectivity index (χ0n) is 18.2. The van der Waals surface area contributed by atoms with Crippen molar-refractivity contribution < 1.29 is 14.0 Å². The van der Waals surface area contributed by atoms with Gasteiger partial charge in [0, 0.05) is 40.0 Å². The average Bonchev–Trinajstić information content (AvgIpc) is 3.39. The van der Waals surface area contributed by atoms with E-state index in [0.717, 1.165) is 42.7 Å². The fraction of sp³-hybridized carbons (Fsp3) is 0.231. The van der Waals surface area contributed by atoms with Gasteiger partial charge in [-0.15, -0.1) is 0 Å². The molecule has 2 aromatic carbocycles. The molecule has 33 heavy (non-hydrogen) atoms. The number of hydrogen-bond acceptors (Lipinski definition) is 4. The zero-order chi connectivity index (χ0) is 22.9. The minimum absolute atomic E-state index is 0.0813. The van der Waals surface area contributed by atoms with E-state index in [4.69, 9.17) is 16.0 Å². The first kappa shape index (κ1) is 21.5. The van der Waals surface area contributed by atoms with E-state index < -0.39 is 0 Å². The molecule has 0 spiro atoms. The second-order valence-electron chi connectivity index (χ2n) is 8.56. The van der Waals surface area contributed by atoms with Crippen molar-refractivity contribution >= 4 is 40.8 Å². The van der Waals surface area contributed by atoms with E-state index in [9.17, 15) is 9.59 Å². The van der Waals surface area contributed by atoms with Gasteiger partial charge in [0.15, 0.2) is 0 Å². The Kier molecular flexibility index (Phi) is 5.79. The van der Waals surface area contributed by atoms with E-state index in [1.807, 2.05) is 30.3 Å². The van der Waals surface area contributed by atoms with Crippen LogP contribution in [0, 0.1) is 0 Å². The molecule has 0 aliphatic carbocycles. The van der Waals surface area contributed by atoms with Crippen molar-refractivity contribution in [1.29, 1.82) is 0 Å². The Balaban J connectivity index is 1.36. The van der Waals surface area contributed by atoms with E-state index in [0.29, 0.717) is 27.7 Å². The van der Waals surface area contributed by atoms with Crippen LogP contribution in [-0.4, -0.2) is 42.9 Å². The molecule has 0 radical (unpaired) electrons. The van der Waals surface area contributed by atoms with Gasteiger partial charge in [-0.25, -0.2) is 0 Å². The number of carbonyl (C=O) groups is 2. The summed E-state index contributed by atoms with van der Waals surface area (Å²) in [5.74, 6) is 0.890. The number of anilines is 1. The molecule has 2 aliphatic heterocycles. The Morgan fingerprint density at radius 1 is 1.21 bits per heavy atom. The Bertz CT molecular complexity index is 1260. The van der Waals surface area contributed by atoms with Crippen molar-refractivity contribution in [2.45, 2.75) is 18.9 Å². The van der Waals surface area contributed by atoms with Gasteiger partial charge in [0.05, 0.1) is 5.57 Å². The number of rotatable bonds is 4. The predicted octanol–water partition coefficient (Wildman–Crippen LogP) is 4.92. The number of nitrogens with one attached hydrogen (secondary N) is 2. The summed E-state index contributed by atoms with van der Waals surface area (Å²) >= 11 is 6.11. The van der Waals surface area contributed by atoms with Gasteiger partial charge in [-0.05, 0) is 75.0 Å². The summed E-state index contributed by atoms with van der Waals surface area (Å²) in [5, 5.41) is 6.54. The molecule has 168 valence electrons. The third-order valence-electron chi connectivity index (χ3n) is 6.05. The molecule has 3 aromatic rings. The molecule has 1 saturated heterocycles. The second-order valence-corrected chi connectivity index (χ2v) is 9.00. The van der Waals surface area contributed by atoms with Crippen molar-refractivity contribution in [2.24, 2.45) is 0 Å². The third kappa shape index (κ3) is 4.58. The largest absolute Gasteiger partial charge is 0.457 e. The molecule has 1 atom stereocenters. The summed E-state index contributed by atoms with van der Waals surface area (Å²) in [5.41, 5.74) is 3.37. The highest BCUT2D eigenvalue weighted by molar-refractivity contribution is 6.36. The van der Waals surface area contributed by atoms with Crippen molar-refractivity contribution in [3.05, 3.63) is 76.5 Å². The lowest BCUT2D eigenvalue weighted by Crippen LogP contribution is -2.46. The topological polar surface area (TPSA) is 74.6 Å². The number of hydrogen-bond donors (Lipinski definition) is 2. The van der Waals surface area contributed by atoms with Crippen LogP contribution < -0.4 is 10.6 Å². The summed E-state index contributed by atoms with van der Waals surface area (Å²) in [6.07, 6.45) is 3.78. The number of fused-ring (bicyclic) bond motifs is 1. The Labute approximate surface area is 197 Å². The van der Waals surface area contributed by atoms with E-state index in [1.165, 1.54) is 0 Å². The van der Waals surface area contributed by atoms with Crippen LogP contribution in [0.1, 0.15) is 34.5 Å². The van der Waals surface area contributed by atoms with Crippen LogP contribution in [-0.2, 0) is 4.79 Å². The normalized spacial score (nSPS) is 19.4. The lowest BCUT2D eigenvalue weighted by Gasteiger charge is -2.30. The van der Waals surface area contributed by atoms with Gasteiger partial charge in [0.1, 0.15) is 11.5 Å². The summed E-state index contributed by atoms with van der Waals surface area (Å²) in [6, 6.07) is 16.5. The molecule has 2 N–H and O–H groups in total. The van der Waals surface area contributed by atoms with Crippen molar-refractivity contribution in [3.8, 4) is 11.3 Å². The predicted molar refractivity (Wildman–Crippen MR) is 130 cm³/mol. The molecule has 2 aliphatic rings. The molecule has 2 amide bonds. The van der Waals surface area contributed by atoms with Crippen molar-refractivity contribution in [1.82, 2.24) is 10.2 Å². The first-order valence-corrected chi connectivity index (χ1v) is 11.4. The fourth-order valence-corrected chi connectivity index (χ4v) is 4.57. The summed E-state index contributed by atoms with van der Waals surface area (Å²) in [4.78, 5) is 27.4. The first-order valence-electron chi connectivity index (χ1n) is 11.0. The minimum atomic E-state index is -0.197. The highest BCUT2D eigenvalue weighted by Gasteiger charge is 2.25. The number of nitrogens with zero attached hydrogens (tertiary/aromatic N) is 1. The van der Waals surface area contributed by atoms with Crippen LogP contribution in [0.3, 0.4) is 0 Å². The van der Waals surface area contributed by atoms with E-state index >= 15 is 0 Å². The summed E-state index contributed by atoms with van der Waals surface area (Å²) < 4.78 is 6.00. The van der Waals surface area contributed by atoms with Crippen LogP contribution in [0.4, 0.5) is 5.69 Å². The molecule has 1 fully saturated rings. The quantitative estimate of drug-likeness (QED) is 0.541. The SMILES string of the molecule is CN1CCCC(NC(=O)c2cccc(-c3ccc(/C=C4/C(=O)Nc5ccc(Cl)cc54)o3)c2)C1. The van der Waals surface area contributed by atoms with E-state index in [1.54, 1.807) is 30.3 Å². The second kappa shape index (κ2) is 8.89. The first-order chi connectivity index (χ1) is 16.0.